The molecule has 0 aliphatic carbocycles. The van der Waals surface area contributed by atoms with Crippen LogP contribution in [0.1, 0.15) is 11.1 Å². The Hall–Kier alpha value is -0.780. The molecule has 2 aromatic carbocycles. The van der Waals surface area contributed by atoms with Crippen molar-refractivity contribution in [2.24, 2.45) is 0 Å². The largest absolute Gasteiger partial charge is 0.308 e. The summed E-state index contributed by atoms with van der Waals surface area (Å²) >= 11 is 6.56. The molecule has 0 saturated carbocycles. The Morgan fingerprint density at radius 2 is 1.63 bits per heavy atom. The number of hydrogen-bond acceptors (Lipinski definition) is 1. The Bertz CT molecular complexity index is 588. The summed E-state index contributed by atoms with van der Waals surface area (Å²) < 4.78 is 28.2. The third kappa shape index (κ3) is 4.09. The quantitative estimate of drug-likeness (QED) is 0.792. The van der Waals surface area contributed by atoms with Crippen LogP contribution < -0.4 is 5.32 Å². The minimum Gasteiger partial charge on any atom is -0.308 e. The number of nitrogens with one attached hydrogen (secondary N) is 1. The third-order valence-corrected chi connectivity index (χ3v) is 3.92. The monoisotopic (exact) mass is 389 g/mol. The van der Waals surface area contributed by atoms with E-state index in [-0.39, 0.29) is 11.6 Å². The van der Waals surface area contributed by atoms with Crippen molar-refractivity contribution in [1.29, 1.82) is 0 Å². The molecule has 0 fully saturated rings. The van der Waals surface area contributed by atoms with E-state index in [0.29, 0.717) is 23.1 Å². The predicted molar refractivity (Wildman–Crippen MR) is 78.7 cm³/mol. The molecule has 0 aliphatic heterocycles. The summed E-state index contributed by atoms with van der Waals surface area (Å²) in [6.45, 7) is 0.857. The van der Waals surface area contributed by atoms with Crippen LogP contribution in [0.25, 0.3) is 0 Å². The minimum absolute atomic E-state index is 0.264. The van der Waals surface area contributed by atoms with Gasteiger partial charge in [0, 0.05) is 27.6 Å². The van der Waals surface area contributed by atoms with Gasteiger partial charge in [0.15, 0.2) is 0 Å². The van der Waals surface area contributed by atoms with Gasteiger partial charge in [0.2, 0.25) is 0 Å². The molecule has 0 bridgehead atoms. The second-order valence-electron chi connectivity index (χ2n) is 4.08. The number of benzene rings is 2. The lowest BCUT2D eigenvalue weighted by Crippen LogP contribution is -2.14. The standard InChI is InChI=1S/C14H11Br2F2N/c15-11-2-1-9(14(18)6-11)7-19-8-10-5-12(17)3-4-13(10)16/h1-6,19H,7-8H2. The van der Waals surface area contributed by atoms with Gasteiger partial charge in [-0.1, -0.05) is 37.9 Å². The Morgan fingerprint density at radius 1 is 0.895 bits per heavy atom. The van der Waals surface area contributed by atoms with E-state index in [1.165, 1.54) is 18.2 Å². The second-order valence-corrected chi connectivity index (χ2v) is 5.85. The van der Waals surface area contributed by atoms with Crippen LogP contribution in [0.4, 0.5) is 8.78 Å². The lowest BCUT2D eigenvalue weighted by molar-refractivity contribution is 0.584. The molecule has 0 aromatic heterocycles. The summed E-state index contributed by atoms with van der Waals surface area (Å²) in [5, 5.41) is 3.09. The third-order valence-electron chi connectivity index (χ3n) is 2.65. The maximum absolute atomic E-state index is 13.6. The zero-order valence-electron chi connectivity index (χ0n) is 9.89. The fourth-order valence-electron chi connectivity index (χ4n) is 1.68. The molecule has 5 heteroatoms. The highest BCUT2D eigenvalue weighted by Crippen LogP contribution is 2.18. The normalized spacial score (nSPS) is 10.7. The molecule has 2 aromatic rings. The van der Waals surface area contributed by atoms with Crippen molar-refractivity contribution in [3.8, 4) is 0 Å². The van der Waals surface area contributed by atoms with E-state index >= 15 is 0 Å². The van der Waals surface area contributed by atoms with Crippen molar-refractivity contribution >= 4 is 31.9 Å². The first-order valence-corrected chi connectivity index (χ1v) is 7.23. The summed E-state index contributed by atoms with van der Waals surface area (Å²) in [5.74, 6) is -0.546. The van der Waals surface area contributed by atoms with Crippen molar-refractivity contribution in [2.75, 3.05) is 0 Å². The van der Waals surface area contributed by atoms with Gasteiger partial charge in [0.25, 0.3) is 0 Å². The first-order chi connectivity index (χ1) is 9.06. The van der Waals surface area contributed by atoms with Crippen molar-refractivity contribution in [1.82, 2.24) is 5.32 Å². The van der Waals surface area contributed by atoms with E-state index in [0.717, 1.165) is 10.0 Å². The average Bonchev–Trinajstić information content (AvgIpc) is 2.36. The Kier molecular flexibility index (Phi) is 5.07. The highest BCUT2D eigenvalue weighted by atomic mass is 79.9. The zero-order chi connectivity index (χ0) is 13.8. The van der Waals surface area contributed by atoms with Gasteiger partial charge in [0.1, 0.15) is 11.6 Å². The lowest BCUT2D eigenvalue weighted by Gasteiger charge is -2.08. The Balaban J connectivity index is 1.98. The van der Waals surface area contributed by atoms with Crippen LogP contribution in [-0.2, 0) is 13.1 Å². The first-order valence-electron chi connectivity index (χ1n) is 5.65. The lowest BCUT2D eigenvalue weighted by atomic mass is 10.2. The van der Waals surface area contributed by atoms with Crippen LogP contribution in [0, 0.1) is 11.6 Å². The fourth-order valence-corrected chi connectivity index (χ4v) is 2.40. The van der Waals surface area contributed by atoms with E-state index in [1.807, 2.05) is 0 Å². The summed E-state index contributed by atoms with van der Waals surface area (Å²) in [7, 11) is 0. The molecule has 2 rings (SSSR count). The van der Waals surface area contributed by atoms with E-state index in [1.54, 1.807) is 18.2 Å². The molecule has 0 aliphatic rings. The summed E-state index contributed by atoms with van der Waals surface area (Å²) in [5.41, 5.74) is 1.38. The van der Waals surface area contributed by atoms with Gasteiger partial charge in [-0.05, 0) is 35.9 Å². The van der Waals surface area contributed by atoms with Crippen LogP contribution in [0.5, 0.6) is 0 Å². The van der Waals surface area contributed by atoms with Crippen molar-refractivity contribution < 1.29 is 8.78 Å². The molecule has 0 saturated heterocycles. The maximum atomic E-state index is 13.6. The minimum atomic E-state index is -0.283. The smallest absolute Gasteiger partial charge is 0.128 e. The van der Waals surface area contributed by atoms with Gasteiger partial charge in [-0.25, -0.2) is 8.78 Å². The molecule has 19 heavy (non-hydrogen) atoms. The first kappa shape index (κ1) is 14.6. The van der Waals surface area contributed by atoms with E-state index in [4.69, 9.17) is 0 Å². The van der Waals surface area contributed by atoms with Gasteiger partial charge >= 0.3 is 0 Å². The van der Waals surface area contributed by atoms with Crippen LogP contribution in [-0.4, -0.2) is 0 Å². The highest BCUT2D eigenvalue weighted by molar-refractivity contribution is 9.10. The Labute approximate surface area is 127 Å². The number of hydrogen-bond donors (Lipinski definition) is 1. The van der Waals surface area contributed by atoms with Crippen molar-refractivity contribution in [3.05, 3.63) is 68.1 Å². The second kappa shape index (κ2) is 6.59. The van der Waals surface area contributed by atoms with Gasteiger partial charge in [-0.15, -0.1) is 0 Å². The molecular weight excluding hydrogens is 380 g/mol. The molecule has 0 unspecified atom stereocenters. The van der Waals surface area contributed by atoms with Crippen LogP contribution in [0.3, 0.4) is 0 Å². The highest BCUT2D eigenvalue weighted by Gasteiger charge is 2.04. The van der Waals surface area contributed by atoms with E-state index < -0.39 is 0 Å². The molecule has 1 nitrogen and oxygen atoms in total. The van der Waals surface area contributed by atoms with Crippen molar-refractivity contribution in [2.45, 2.75) is 13.1 Å². The van der Waals surface area contributed by atoms with Gasteiger partial charge in [-0.2, -0.15) is 0 Å². The zero-order valence-corrected chi connectivity index (χ0v) is 13.1. The summed E-state index contributed by atoms with van der Waals surface area (Å²) in [4.78, 5) is 0. The molecule has 0 atom stereocenters. The topological polar surface area (TPSA) is 12.0 Å². The van der Waals surface area contributed by atoms with Crippen LogP contribution in [0.15, 0.2) is 45.3 Å². The van der Waals surface area contributed by atoms with Gasteiger partial charge in [0.05, 0.1) is 0 Å². The number of halogens is 4. The maximum Gasteiger partial charge on any atom is 0.128 e. The molecular formula is C14H11Br2F2N. The molecule has 0 radical (unpaired) electrons. The van der Waals surface area contributed by atoms with Gasteiger partial charge in [-0.3, -0.25) is 0 Å². The van der Waals surface area contributed by atoms with Crippen LogP contribution in [0.2, 0.25) is 0 Å². The van der Waals surface area contributed by atoms with E-state index in [2.05, 4.69) is 37.2 Å². The number of rotatable bonds is 4. The fraction of sp³-hybridized carbons (Fsp3) is 0.143. The summed E-state index contributed by atoms with van der Waals surface area (Å²) in [6, 6.07) is 9.43. The average molecular weight is 391 g/mol. The van der Waals surface area contributed by atoms with Crippen LogP contribution >= 0.6 is 31.9 Å². The molecule has 0 spiro atoms. The Morgan fingerprint density at radius 3 is 2.37 bits per heavy atom. The molecule has 1 N–H and O–H groups in total. The molecule has 0 heterocycles. The summed E-state index contributed by atoms with van der Waals surface area (Å²) in [6.07, 6.45) is 0. The SMILES string of the molecule is Fc1ccc(Br)c(CNCc2ccc(Br)cc2F)c1. The van der Waals surface area contributed by atoms with Crippen molar-refractivity contribution in [3.63, 3.8) is 0 Å². The van der Waals surface area contributed by atoms with Gasteiger partial charge < -0.3 is 5.32 Å². The predicted octanol–water partition coefficient (Wildman–Crippen LogP) is 4.78. The molecule has 100 valence electrons. The molecule has 0 amide bonds. The van der Waals surface area contributed by atoms with E-state index in [9.17, 15) is 8.78 Å².